The molecule has 0 saturated carbocycles. The first-order chi connectivity index (χ1) is 22.0. The maximum Gasteiger partial charge on any atom is 0.412 e. The Hall–Kier alpha value is -3.55. The monoisotopic (exact) mass is 643 g/mol. The van der Waals surface area contributed by atoms with Crippen LogP contribution in [0.15, 0.2) is 60.7 Å². The number of methoxy groups -OCH3 is 1. The lowest BCUT2D eigenvalue weighted by Gasteiger charge is -2.47. The zero-order valence-electron chi connectivity index (χ0n) is 27.1. The lowest BCUT2D eigenvalue weighted by molar-refractivity contribution is -0.338. The van der Waals surface area contributed by atoms with Gasteiger partial charge >= 0.3 is 18.0 Å². The van der Waals surface area contributed by atoms with Gasteiger partial charge in [0, 0.05) is 18.8 Å². The van der Waals surface area contributed by atoms with Crippen molar-refractivity contribution < 1.29 is 52.6 Å². The van der Waals surface area contributed by atoms with E-state index in [4.69, 9.17) is 33.2 Å². The molecule has 0 radical (unpaired) electrons. The van der Waals surface area contributed by atoms with E-state index >= 15 is 0 Å². The molecule has 12 nitrogen and oxygen atoms in total. The van der Waals surface area contributed by atoms with Crippen LogP contribution in [0.25, 0.3) is 0 Å². The fourth-order valence-corrected chi connectivity index (χ4v) is 5.58. The van der Waals surface area contributed by atoms with Gasteiger partial charge in [0.05, 0.1) is 25.9 Å². The lowest BCUT2D eigenvalue weighted by Crippen LogP contribution is -2.61. The molecule has 2 aromatic rings. The van der Waals surface area contributed by atoms with Crippen LogP contribution in [0, 0.1) is 17.8 Å². The fraction of sp³-hybridized carbons (Fsp3) is 0.559. The molecule has 12 heteroatoms. The minimum Gasteiger partial charge on any atom is -0.467 e. The molecule has 2 aromatic carbocycles. The molecule has 0 aromatic heterocycles. The maximum absolute atomic E-state index is 13.2. The number of carbonyl (C=O) groups is 3. The number of carbonyl (C=O) groups excluding carboxylic acids is 3. The number of amides is 1. The number of benzene rings is 2. The summed E-state index contributed by atoms with van der Waals surface area (Å²) in [5.74, 6) is -2.13. The van der Waals surface area contributed by atoms with E-state index in [9.17, 15) is 19.5 Å². The van der Waals surface area contributed by atoms with E-state index in [2.05, 4.69) is 0 Å². The van der Waals surface area contributed by atoms with E-state index in [0.29, 0.717) is 0 Å². The third kappa shape index (κ3) is 8.83. The molecule has 4 rings (SSSR count). The molecule has 2 fully saturated rings. The molecule has 2 saturated heterocycles. The Labute approximate surface area is 269 Å². The van der Waals surface area contributed by atoms with E-state index in [1.54, 1.807) is 6.92 Å². The van der Waals surface area contributed by atoms with Crippen LogP contribution in [-0.4, -0.2) is 85.0 Å². The van der Waals surface area contributed by atoms with Crippen LogP contribution in [0.5, 0.6) is 0 Å². The normalized spacial score (nSPS) is 31.0. The minimum absolute atomic E-state index is 0.0445. The molecular formula is C34H45NO11. The Bertz CT molecular complexity index is 1280. The molecule has 0 bridgehead atoms. The average Bonchev–Trinajstić information content (AvgIpc) is 3.05. The standard InChI is InChI=1S/C34H45NO11/c1-20-21(2)28(44-24(5)36)33(43-23(20)4)45-29-27(37)22(3)32(46-30(29)31(38)40-6)42-19-35(17-25-13-9-7-10-14-25)34(39)41-18-26-15-11-8-12-16-26/h7-16,20-23,27-30,32-33,37H,17-19H2,1-6H3/t20-,21?,22?,23+,27-,28?,29-,30?,32+,33+/m1/s1. The number of rotatable bonds is 11. The van der Waals surface area contributed by atoms with Crippen LogP contribution in [0.4, 0.5) is 4.79 Å². The maximum atomic E-state index is 13.2. The van der Waals surface area contributed by atoms with Gasteiger partial charge < -0.3 is 38.3 Å². The Morgan fingerprint density at radius 1 is 0.826 bits per heavy atom. The van der Waals surface area contributed by atoms with Crippen LogP contribution in [-0.2, 0) is 55.9 Å². The SMILES string of the molecule is COC(=O)C1O[C@H](OCN(Cc2ccccc2)C(=O)OCc2ccccc2)C(C)[C@@H](O)[C@H]1O[C@@H]1O[C@@H](C)[C@H](C)C(C)C1OC(C)=O. The molecule has 1 N–H and O–H groups in total. The highest BCUT2D eigenvalue weighted by Gasteiger charge is 2.52. The first-order valence-electron chi connectivity index (χ1n) is 15.5. The second-order valence-corrected chi connectivity index (χ2v) is 11.9. The number of hydrogen-bond acceptors (Lipinski definition) is 11. The third-order valence-electron chi connectivity index (χ3n) is 8.69. The molecular weight excluding hydrogens is 598 g/mol. The van der Waals surface area contributed by atoms with Crippen LogP contribution in [0.3, 0.4) is 0 Å². The molecule has 4 unspecified atom stereocenters. The van der Waals surface area contributed by atoms with Gasteiger partial charge in [-0.2, -0.15) is 0 Å². The Morgan fingerprint density at radius 2 is 1.46 bits per heavy atom. The van der Waals surface area contributed by atoms with Crippen molar-refractivity contribution in [3.05, 3.63) is 71.8 Å². The summed E-state index contributed by atoms with van der Waals surface area (Å²) < 4.78 is 40.5. The predicted molar refractivity (Wildman–Crippen MR) is 164 cm³/mol. The summed E-state index contributed by atoms with van der Waals surface area (Å²) >= 11 is 0. The highest BCUT2D eigenvalue weighted by atomic mass is 16.7. The van der Waals surface area contributed by atoms with Crippen molar-refractivity contribution in [1.82, 2.24) is 4.90 Å². The van der Waals surface area contributed by atoms with Gasteiger partial charge in [0.1, 0.15) is 19.4 Å². The second kappa shape index (κ2) is 16.3. The van der Waals surface area contributed by atoms with Crippen LogP contribution < -0.4 is 0 Å². The van der Waals surface area contributed by atoms with Crippen molar-refractivity contribution >= 4 is 18.0 Å². The summed E-state index contributed by atoms with van der Waals surface area (Å²) in [7, 11) is 1.19. The molecule has 46 heavy (non-hydrogen) atoms. The van der Waals surface area contributed by atoms with Gasteiger partial charge in [0.25, 0.3) is 0 Å². The largest absolute Gasteiger partial charge is 0.467 e. The summed E-state index contributed by atoms with van der Waals surface area (Å²) in [5.41, 5.74) is 1.67. The molecule has 252 valence electrons. The van der Waals surface area contributed by atoms with Crippen LogP contribution in [0.1, 0.15) is 45.7 Å². The highest BCUT2D eigenvalue weighted by Crippen LogP contribution is 2.37. The zero-order chi connectivity index (χ0) is 33.4. The first kappa shape index (κ1) is 35.3. The average molecular weight is 644 g/mol. The number of nitrogens with zero attached hydrogens (tertiary/aromatic N) is 1. The Balaban J connectivity index is 1.49. The van der Waals surface area contributed by atoms with E-state index in [-0.39, 0.29) is 37.8 Å². The number of ether oxygens (including phenoxy) is 7. The summed E-state index contributed by atoms with van der Waals surface area (Å²) in [5, 5.41) is 11.5. The fourth-order valence-electron chi connectivity index (χ4n) is 5.58. The van der Waals surface area contributed by atoms with E-state index < -0.39 is 60.9 Å². The van der Waals surface area contributed by atoms with Crippen molar-refractivity contribution in [3.8, 4) is 0 Å². The van der Waals surface area contributed by atoms with Crippen LogP contribution >= 0.6 is 0 Å². The van der Waals surface area contributed by atoms with Gasteiger partial charge in [-0.1, -0.05) is 81.4 Å². The molecule has 10 atom stereocenters. The van der Waals surface area contributed by atoms with E-state index in [0.717, 1.165) is 11.1 Å². The topological polar surface area (TPSA) is 139 Å². The van der Waals surface area contributed by atoms with Crippen LogP contribution in [0.2, 0.25) is 0 Å². The van der Waals surface area contributed by atoms with Gasteiger partial charge in [0.2, 0.25) is 0 Å². The van der Waals surface area contributed by atoms with Crippen molar-refractivity contribution in [2.45, 2.75) is 90.9 Å². The number of aliphatic hydroxyl groups is 1. The summed E-state index contributed by atoms with van der Waals surface area (Å²) in [6.07, 6.45) is -7.81. The van der Waals surface area contributed by atoms with Gasteiger partial charge in [-0.3, -0.25) is 9.69 Å². The quantitative estimate of drug-likeness (QED) is 0.216. The third-order valence-corrected chi connectivity index (χ3v) is 8.69. The number of aliphatic hydroxyl groups excluding tert-OH is 1. The highest BCUT2D eigenvalue weighted by molar-refractivity contribution is 5.75. The van der Waals surface area contributed by atoms with Crippen molar-refractivity contribution in [3.63, 3.8) is 0 Å². The first-order valence-corrected chi connectivity index (χ1v) is 15.5. The minimum atomic E-state index is -1.42. The molecule has 0 spiro atoms. The van der Waals surface area contributed by atoms with Gasteiger partial charge in [-0.15, -0.1) is 0 Å². The predicted octanol–water partition coefficient (Wildman–Crippen LogP) is 4.03. The lowest BCUT2D eigenvalue weighted by atomic mass is 9.84. The zero-order valence-corrected chi connectivity index (χ0v) is 27.1. The molecule has 1 amide bonds. The Kier molecular flexibility index (Phi) is 12.5. The van der Waals surface area contributed by atoms with Crippen molar-refractivity contribution in [2.24, 2.45) is 17.8 Å². The molecule has 2 aliphatic heterocycles. The van der Waals surface area contributed by atoms with Crippen molar-refractivity contribution in [2.75, 3.05) is 13.8 Å². The smallest absolute Gasteiger partial charge is 0.412 e. The molecule has 2 aliphatic rings. The van der Waals surface area contributed by atoms with Gasteiger partial charge in [-0.05, 0) is 24.0 Å². The summed E-state index contributed by atoms with van der Waals surface area (Å²) in [6.45, 7) is 8.74. The molecule has 2 heterocycles. The Morgan fingerprint density at radius 3 is 2.07 bits per heavy atom. The molecule has 0 aliphatic carbocycles. The summed E-state index contributed by atoms with van der Waals surface area (Å²) in [4.78, 5) is 39.5. The number of hydrogen-bond donors (Lipinski definition) is 1. The van der Waals surface area contributed by atoms with Gasteiger partial charge in [-0.25, -0.2) is 9.59 Å². The van der Waals surface area contributed by atoms with E-state index in [1.807, 2.05) is 81.4 Å². The van der Waals surface area contributed by atoms with E-state index in [1.165, 1.54) is 18.9 Å². The van der Waals surface area contributed by atoms with Crippen molar-refractivity contribution in [1.29, 1.82) is 0 Å². The van der Waals surface area contributed by atoms with Gasteiger partial charge in [0.15, 0.2) is 24.8 Å². The number of esters is 2. The summed E-state index contributed by atoms with van der Waals surface area (Å²) in [6, 6.07) is 18.6. The second-order valence-electron chi connectivity index (χ2n) is 11.9.